The number of hydrogen-bond donors (Lipinski definition) is 1. The number of nitrogens with zero attached hydrogens (tertiary/aromatic N) is 1. The summed E-state index contributed by atoms with van der Waals surface area (Å²) in [6.45, 7) is 0. The molecule has 114 valence electrons. The molecule has 0 spiro atoms. The van der Waals surface area contributed by atoms with Gasteiger partial charge in [0.15, 0.2) is 0 Å². The van der Waals surface area contributed by atoms with Gasteiger partial charge in [-0.2, -0.15) is 0 Å². The number of rotatable bonds is 4. The quantitative estimate of drug-likeness (QED) is 0.855. The molecule has 1 amide bonds. The summed E-state index contributed by atoms with van der Waals surface area (Å²) in [5, 5.41) is 9.47. The number of amides is 1. The molecule has 0 atom stereocenters. The number of ether oxygens (including phenoxy) is 1. The van der Waals surface area contributed by atoms with Gasteiger partial charge < -0.3 is 9.84 Å². The van der Waals surface area contributed by atoms with Gasteiger partial charge >= 0.3 is 6.09 Å². The van der Waals surface area contributed by atoms with Crippen LogP contribution in [0.15, 0.2) is 0 Å². The Morgan fingerprint density at radius 1 is 1.20 bits per heavy atom. The van der Waals surface area contributed by atoms with E-state index >= 15 is 0 Å². The summed E-state index contributed by atoms with van der Waals surface area (Å²) in [5.74, 6) is 0.783. The zero-order valence-electron chi connectivity index (χ0n) is 12.5. The largest absolute Gasteiger partial charge is 0.465 e. The topological polar surface area (TPSA) is 49.8 Å². The Kier molecular flexibility index (Phi) is 3.93. The smallest absolute Gasteiger partial charge is 0.408 e. The summed E-state index contributed by atoms with van der Waals surface area (Å²) in [6, 6.07) is 0.316. The maximum Gasteiger partial charge on any atom is 0.408 e. The first-order valence-corrected chi connectivity index (χ1v) is 8.20. The lowest BCUT2D eigenvalue weighted by Gasteiger charge is -2.35. The van der Waals surface area contributed by atoms with Gasteiger partial charge in [-0.15, -0.1) is 0 Å². The maximum atomic E-state index is 11.5. The first kappa shape index (κ1) is 14.2. The van der Waals surface area contributed by atoms with E-state index in [1.807, 2.05) is 12.0 Å². The van der Waals surface area contributed by atoms with Crippen LogP contribution in [0, 0.1) is 5.92 Å². The summed E-state index contributed by atoms with van der Waals surface area (Å²) in [5.41, 5.74) is -0.00535. The Hall–Kier alpha value is -0.770. The second-order valence-electron chi connectivity index (χ2n) is 7.03. The molecule has 2 bridgehead atoms. The van der Waals surface area contributed by atoms with Crippen molar-refractivity contribution in [1.82, 2.24) is 4.90 Å². The van der Waals surface area contributed by atoms with Crippen molar-refractivity contribution in [3.05, 3.63) is 0 Å². The van der Waals surface area contributed by atoms with Crippen LogP contribution in [0.1, 0.15) is 64.2 Å². The van der Waals surface area contributed by atoms with Gasteiger partial charge in [0.2, 0.25) is 0 Å². The van der Waals surface area contributed by atoms with Gasteiger partial charge in [-0.3, -0.25) is 4.90 Å². The van der Waals surface area contributed by atoms with Gasteiger partial charge in [0.1, 0.15) is 0 Å². The molecular formula is C16H27NO3. The van der Waals surface area contributed by atoms with Crippen molar-refractivity contribution >= 4 is 6.09 Å². The molecule has 3 aliphatic rings. The summed E-state index contributed by atoms with van der Waals surface area (Å²) >= 11 is 0. The van der Waals surface area contributed by atoms with Crippen LogP contribution in [0.5, 0.6) is 0 Å². The molecule has 2 saturated heterocycles. The van der Waals surface area contributed by atoms with Gasteiger partial charge in [-0.25, -0.2) is 4.79 Å². The number of hydrogen-bond acceptors (Lipinski definition) is 2. The standard InChI is InChI=1S/C16H27NO3/c1-20-14-4-2-12(3-5-14)6-9-16-10-7-13(8-11-16)17(16)15(18)19/h12-14H,2-11H2,1H3,(H,18,19). The molecule has 0 aromatic heterocycles. The van der Waals surface area contributed by atoms with Gasteiger partial charge in [0.05, 0.1) is 6.10 Å². The Balaban J connectivity index is 1.54. The van der Waals surface area contributed by atoms with E-state index in [9.17, 15) is 9.90 Å². The minimum absolute atomic E-state index is 0.00535. The minimum Gasteiger partial charge on any atom is -0.465 e. The van der Waals surface area contributed by atoms with Gasteiger partial charge in [-0.05, 0) is 70.1 Å². The first-order chi connectivity index (χ1) is 9.64. The third-order valence-corrected chi connectivity index (χ3v) is 6.11. The van der Waals surface area contributed by atoms with Crippen molar-refractivity contribution in [2.75, 3.05) is 7.11 Å². The fraction of sp³-hybridized carbons (Fsp3) is 0.938. The monoisotopic (exact) mass is 281 g/mol. The fourth-order valence-electron chi connectivity index (χ4n) is 4.88. The molecule has 4 heteroatoms. The van der Waals surface area contributed by atoms with Crippen LogP contribution in [0.2, 0.25) is 0 Å². The molecule has 1 N–H and O–H groups in total. The Morgan fingerprint density at radius 3 is 2.40 bits per heavy atom. The summed E-state index contributed by atoms with van der Waals surface area (Å²) < 4.78 is 5.43. The van der Waals surface area contributed by atoms with E-state index in [2.05, 4.69) is 0 Å². The molecule has 3 rings (SSSR count). The number of carbonyl (C=O) groups is 1. The lowest BCUT2D eigenvalue weighted by atomic mass is 9.78. The molecule has 20 heavy (non-hydrogen) atoms. The second kappa shape index (κ2) is 5.55. The third-order valence-electron chi connectivity index (χ3n) is 6.11. The van der Waals surface area contributed by atoms with Crippen LogP contribution in [0.25, 0.3) is 0 Å². The zero-order chi connectivity index (χ0) is 14.2. The molecule has 4 nitrogen and oxygen atoms in total. The molecule has 1 aliphatic carbocycles. The van der Waals surface area contributed by atoms with Gasteiger partial charge in [0.25, 0.3) is 0 Å². The average molecular weight is 281 g/mol. The van der Waals surface area contributed by atoms with Gasteiger partial charge in [0, 0.05) is 18.7 Å². The van der Waals surface area contributed by atoms with Crippen molar-refractivity contribution in [3.63, 3.8) is 0 Å². The normalized spacial score (nSPS) is 40.2. The Bertz CT molecular complexity index is 355. The molecule has 2 aliphatic heterocycles. The molecular weight excluding hydrogens is 254 g/mol. The van der Waals surface area contributed by atoms with Crippen LogP contribution < -0.4 is 0 Å². The van der Waals surface area contributed by atoms with Crippen LogP contribution in [0.4, 0.5) is 4.79 Å². The third kappa shape index (κ3) is 2.43. The van der Waals surface area contributed by atoms with Crippen LogP contribution in [0.3, 0.4) is 0 Å². The highest BCUT2D eigenvalue weighted by Gasteiger charge is 2.53. The van der Waals surface area contributed by atoms with Crippen LogP contribution >= 0.6 is 0 Å². The molecule has 3 fully saturated rings. The van der Waals surface area contributed by atoms with Gasteiger partial charge in [-0.1, -0.05) is 0 Å². The summed E-state index contributed by atoms with van der Waals surface area (Å²) in [7, 11) is 1.81. The molecule has 0 aromatic rings. The van der Waals surface area contributed by atoms with Crippen molar-refractivity contribution in [2.24, 2.45) is 5.92 Å². The lowest BCUT2D eigenvalue weighted by Crippen LogP contribution is -2.44. The SMILES string of the molecule is COC1CCC(CCC23CCC(CC2)N3C(=O)O)CC1. The molecule has 0 unspecified atom stereocenters. The molecule has 2 heterocycles. The number of fused-ring (bicyclic) bond motifs is 2. The highest BCUT2D eigenvalue weighted by atomic mass is 16.5. The second-order valence-corrected chi connectivity index (χ2v) is 7.03. The van der Waals surface area contributed by atoms with E-state index in [1.165, 1.54) is 32.1 Å². The van der Waals surface area contributed by atoms with Crippen molar-refractivity contribution in [3.8, 4) is 0 Å². The number of carboxylic acid groups (broad SMARTS) is 1. The van der Waals surface area contributed by atoms with Crippen LogP contribution in [-0.4, -0.2) is 40.9 Å². The highest BCUT2D eigenvalue weighted by molar-refractivity contribution is 5.68. The Labute approximate surface area is 121 Å². The predicted octanol–water partition coefficient (Wildman–Crippen LogP) is 3.65. The molecule has 0 radical (unpaired) electrons. The van der Waals surface area contributed by atoms with E-state index in [-0.39, 0.29) is 5.54 Å². The minimum atomic E-state index is -0.687. The Morgan fingerprint density at radius 2 is 1.85 bits per heavy atom. The predicted molar refractivity (Wildman–Crippen MR) is 76.8 cm³/mol. The first-order valence-electron chi connectivity index (χ1n) is 8.20. The van der Waals surface area contributed by atoms with E-state index in [0.29, 0.717) is 12.1 Å². The van der Waals surface area contributed by atoms with Crippen LogP contribution in [-0.2, 0) is 4.74 Å². The zero-order valence-corrected chi connectivity index (χ0v) is 12.5. The highest BCUT2D eigenvalue weighted by Crippen LogP contribution is 2.49. The number of methoxy groups -OCH3 is 1. The molecule has 0 aromatic carbocycles. The van der Waals surface area contributed by atoms with E-state index < -0.39 is 6.09 Å². The maximum absolute atomic E-state index is 11.5. The van der Waals surface area contributed by atoms with E-state index in [1.54, 1.807) is 0 Å². The van der Waals surface area contributed by atoms with Crippen molar-refractivity contribution in [2.45, 2.75) is 81.9 Å². The summed E-state index contributed by atoms with van der Waals surface area (Å²) in [4.78, 5) is 13.3. The summed E-state index contributed by atoms with van der Waals surface area (Å²) in [6.07, 6.45) is 11.3. The lowest BCUT2D eigenvalue weighted by molar-refractivity contribution is 0.0511. The molecule has 1 saturated carbocycles. The van der Waals surface area contributed by atoms with Crippen molar-refractivity contribution in [1.29, 1.82) is 0 Å². The average Bonchev–Trinajstić information content (AvgIpc) is 3.01. The fourth-order valence-corrected chi connectivity index (χ4v) is 4.88. The van der Waals surface area contributed by atoms with E-state index in [0.717, 1.165) is 38.0 Å². The van der Waals surface area contributed by atoms with E-state index in [4.69, 9.17) is 4.74 Å². The van der Waals surface area contributed by atoms with Crippen molar-refractivity contribution < 1.29 is 14.6 Å².